The quantitative estimate of drug-likeness (QED) is 0.346. The van der Waals surface area contributed by atoms with E-state index in [9.17, 15) is 14.7 Å². The van der Waals surface area contributed by atoms with Crippen LogP contribution in [0, 0.1) is 7.14 Å². The minimum atomic E-state index is -0.618. The lowest BCUT2D eigenvalue weighted by atomic mass is 9.96. The minimum absolute atomic E-state index is 0.224. The van der Waals surface area contributed by atoms with Gasteiger partial charge in [-0.05, 0) is 81.4 Å². The van der Waals surface area contributed by atoms with Crippen molar-refractivity contribution in [2.24, 2.45) is 4.99 Å². The highest BCUT2D eigenvalue weighted by Gasteiger charge is 2.32. The number of hydrogen-bond donors (Lipinski definition) is 1. The first-order chi connectivity index (χ1) is 14.8. The molecule has 1 unspecified atom stereocenters. The molecular weight excluding hydrogens is 642 g/mol. The van der Waals surface area contributed by atoms with Crippen molar-refractivity contribution in [2.45, 2.75) is 13.0 Å². The number of ether oxygens (including phenoxy) is 1. The number of rotatable bonds is 3. The monoisotopic (exact) mass is 658 g/mol. The number of nitrogens with zero attached hydrogens (tertiary/aromatic N) is 2. The molecule has 1 aliphatic rings. The number of benzene rings is 2. The number of halogens is 2. The molecule has 4 rings (SSSR count). The molecule has 1 aliphatic heterocycles. The summed E-state index contributed by atoms with van der Waals surface area (Å²) in [5.41, 5.74) is 2.25. The Balaban J connectivity index is 1.98. The van der Waals surface area contributed by atoms with Gasteiger partial charge in [0.05, 0.1) is 36.1 Å². The number of phenolic OH excluding ortho intramolecular Hbond substituents is 1. The Hall–Kier alpha value is -1.99. The molecule has 31 heavy (non-hydrogen) atoms. The van der Waals surface area contributed by atoms with Crippen molar-refractivity contribution in [2.75, 3.05) is 7.11 Å². The average molecular weight is 658 g/mol. The Morgan fingerprint density at radius 2 is 1.87 bits per heavy atom. The molecule has 2 heterocycles. The van der Waals surface area contributed by atoms with Gasteiger partial charge < -0.3 is 9.84 Å². The molecule has 0 radical (unpaired) electrons. The van der Waals surface area contributed by atoms with E-state index in [1.807, 2.05) is 42.5 Å². The molecule has 0 fully saturated rings. The lowest BCUT2D eigenvalue weighted by Gasteiger charge is -2.24. The second kappa shape index (κ2) is 8.87. The number of aromatic hydroxyl groups is 1. The largest absolute Gasteiger partial charge is 0.506 e. The number of methoxy groups -OCH3 is 1. The zero-order valence-electron chi connectivity index (χ0n) is 16.4. The second-order valence-corrected chi connectivity index (χ2v) is 10.2. The zero-order chi connectivity index (χ0) is 22.3. The summed E-state index contributed by atoms with van der Waals surface area (Å²) in [4.78, 5) is 31.1. The molecule has 0 spiro atoms. The van der Waals surface area contributed by atoms with Crippen molar-refractivity contribution >= 4 is 68.6 Å². The lowest BCUT2D eigenvalue weighted by Crippen LogP contribution is -2.39. The fourth-order valence-electron chi connectivity index (χ4n) is 3.46. The van der Waals surface area contributed by atoms with E-state index in [1.54, 1.807) is 17.6 Å². The van der Waals surface area contributed by atoms with Gasteiger partial charge in [0.15, 0.2) is 4.80 Å². The van der Waals surface area contributed by atoms with E-state index in [0.717, 1.165) is 11.1 Å². The summed E-state index contributed by atoms with van der Waals surface area (Å²) in [7, 11) is 1.32. The van der Waals surface area contributed by atoms with Crippen molar-refractivity contribution in [1.82, 2.24) is 4.57 Å². The molecule has 6 nitrogen and oxygen atoms in total. The van der Waals surface area contributed by atoms with E-state index in [2.05, 4.69) is 50.2 Å². The maximum absolute atomic E-state index is 13.5. The van der Waals surface area contributed by atoms with Gasteiger partial charge in [0.2, 0.25) is 0 Å². The SMILES string of the molecule is COC(=O)C1=C(C)N=c2sc(=Cc3cc(I)c(O)c(I)c3)c(=O)n2C1c1ccccc1. The Kier molecular flexibility index (Phi) is 6.35. The van der Waals surface area contributed by atoms with E-state index in [1.165, 1.54) is 18.4 Å². The Morgan fingerprint density at radius 1 is 1.23 bits per heavy atom. The molecule has 0 saturated heterocycles. The van der Waals surface area contributed by atoms with Gasteiger partial charge in [-0.1, -0.05) is 41.7 Å². The Bertz CT molecular complexity index is 1380. The highest BCUT2D eigenvalue weighted by Crippen LogP contribution is 2.30. The Labute approximate surface area is 208 Å². The van der Waals surface area contributed by atoms with E-state index in [4.69, 9.17) is 4.74 Å². The third kappa shape index (κ3) is 4.10. The van der Waals surface area contributed by atoms with E-state index < -0.39 is 12.0 Å². The topological polar surface area (TPSA) is 80.9 Å². The van der Waals surface area contributed by atoms with Crippen LogP contribution in [0.4, 0.5) is 0 Å². The predicted molar refractivity (Wildman–Crippen MR) is 136 cm³/mol. The van der Waals surface area contributed by atoms with Crippen LogP contribution in [0.5, 0.6) is 5.75 Å². The van der Waals surface area contributed by atoms with E-state index in [0.29, 0.717) is 27.7 Å². The summed E-state index contributed by atoms with van der Waals surface area (Å²) >= 11 is 5.39. The lowest BCUT2D eigenvalue weighted by molar-refractivity contribution is -0.136. The van der Waals surface area contributed by atoms with Crippen LogP contribution in [0.15, 0.2) is 63.5 Å². The number of fused-ring (bicyclic) bond motifs is 1. The first kappa shape index (κ1) is 22.2. The van der Waals surface area contributed by atoms with Crippen LogP contribution in [0.1, 0.15) is 24.1 Å². The first-order valence-electron chi connectivity index (χ1n) is 9.15. The number of thiazole rings is 1. The van der Waals surface area contributed by atoms with Crippen molar-refractivity contribution in [3.63, 3.8) is 0 Å². The molecule has 1 N–H and O–H groups in total. The van der Waals surface area contributed by atoms with Crippen LogP contribution in [-0.2, 0) is 9.53 Å². The predicted octanol–water partition coefficient (Wildman–Crippen LogP) is 3.32. The average Bonchev–Trinajstić information content (AvgIpc) is 3.05. The fourth-order valence-corrected chi connectivity index (χ4v) is 6.33. The van der Waals surface area contributed by atoms with Crippen LogP contribution in [-0.4, -0.2) is 22.8 Å². The number of hydrogen-bond acceptors (Lipinski definition) is 6. The normalized spacial score (nSPS) is 16.1. The highest BCUT2D eigenvalue weighted by atomic mass is 127. The van der Waals surface area contributed by atoms with Gasteiger partial charge in [0.25, 0.3) is 5.56 Å². The van der Waals surface area contributed by atoms with E-state index >= 15 is 0 Å². The third-order valence-electron chi connectivity index (χ3n) is 4.88. The van der Waals surface area contributed by atoms with Gasteiger partial charge in [-0.25, -0.2) is 9.79 Å². The molecule has 9 heteroatoms. The summed E-state index contributed by atoms with van der Waals surface area (Å²) < 4.78 is 8.46. The maximum Gasteiger partial charge on any atom is 0.338 e. The van der Waals surface area contributed by atoms with Gasteiger partial charge in [-0.2, -0.15) is 0 Å². The highest BCUT2D eigenvalue weighted by molar-refractivity contribution is 14.1. The first-order valence-corrected chi connectivity index (χ1v) is 12.1. The summed E-state index contributed by atoms with van der Waals surface area (Å²) in [5, 5.41) is 10.0. The van der Waals surface area contributed by atoms with Gasteiger partial charge in [-0.3, -0.25) is 9.36 Å². The maximum atomic E-state index is 13.5. The van der Waals surface area contributed by atoms with Crippen molar-refractivity contribution in [3.8, 4) is 5.75 Å². The fraction of sp³-hybridized carbons (Fsp3) is 0.136. The minimum Gasteiger partial charge on any atom is -0.506 e. The molecule has 0 bridgehead atoms. The number of phenols is 1. The Morgan fingerprint density at radius 3 is 2.48 bits per heavy atom. The van der Waals surface area contributed by atoms with Crippen molar-refractivity contribution in [3.05, 3.63) is 91.7 Å². The number of carbonyl (C=O) groups excluding carboxylic acids is 1. The molecule has 1 atom stereocenters. The van der Waals surface area contributed by atoms with Gasteiger partial charge in [-0.15, -0.1) is 0 Å². The summed E-state index contributed by atoms with van der Waals surface area (Å²) in [5.74, 6) is -0.283. The zero-order valence-corrected chi connectivity index (χ0v) is 21.6. The van der Waals surface area contributed by atoms with Crippen LogP contribution in [0.3, 0.4) is 0 Å². The standard InChI is InChI=1S/C22H16I2N2O4S/c1-11-17(21(29)30-2)18(13-6-4-3-5-7-13)26-20(28)16(31-22(26)25-11)10-12-8-14(23)19(27)15(24)9-12/h3-10,18,27H,1-2H3. The molecular formula is C22H16I2N2O4S. The molecule has 0 aliphatic carbocycles. The molecule has 2 aromatic carbocycles. The van der Waals surface area contributed by atoms with Crippen LogP contribution in [0.2, 0.25) is 0 Å². The molecule has 1 aromatic heterocycles. The second-order valence-electron chi connectivity index (χ2n) is 6.82. The molecule has 3 aromatic rings. The van der Waals surface area contributed by atoms with Crippen LogP contribution >= 0.6 is 56.5 Å². The number of allylic oxidation sites excluding steroid dienone is 1. The number of carbonyl (C=O) groups is 1. The van der Waals surface area contributed by atoms with Gasteiger partial charge in [0, 0.05) is 0 Å². The molecule has 158 valence electrons. The van der Waals surface area contributed by atoms with Crippen molar-refractivity contribution < 1.29 is 14.6 Å². The molecule has 0 amide bonds. The van der Waals surface area contributed by atoms with Gasteiger partial charge >= 0.3 is 5.97 Å². The van der Waals surface area contributed by atoms with Crippen molar-refractivity contribution in [1.29, 1.82) is 0 Å². The summed E-state index contributed by atoms with van der Waals surface area (Å²) in [6.45, 7) is 1.75. The summed E-state index contributed by atoms with van der Waals surface area (Å²) in [6.07, 6.45) is 1.78. The third-order valence-corrected chi connectivity index (χ3v) is 7.51. The number of aromatic nitrogens is 1. The smallest absolute Gasteiger partial charge is 0.338 e. The number of esters is 1. The summed E-state index contributed by atoms with van der Waals surface area (Å²) in [6, 6.07) is 12.4. The van der Waals surface area contributed by atoms with E-state index in [-0.39, 0.29) is 11.3 Å². The van der Waals surface area contributed by atoms with Crippen LogP contribution in [0.25, 0.3) is 6.08 Å². The van der Waals surface area contributed by atoms with Crippen LogP contribution < -0.4 is 14.9 Å². The van der Waals surface area contributed by atoms with Gasteiger partial charge in [0.1, 0.15) is 5.75 Å². The molecule has 0 saturated carbocycles.